The second-order valence-corrected chi connectivity index (χ2v) is 9.47. The lowest BCUT2D eigenvalue weighted by Gasteiger charge is -2.09. The zero-order chi connectivity index (χ0) is 20.4. The number of ether oxygens (including phenoxy) is 1. The molecule has 0 aliphatic heterocycles. The van der Waals surface area contributed by atoms with Gasteiger partial charge in [0.05, 0.1) is 18.5 Å². The van der Waals surface area contributed by atoms with Gasteiger partial charge < -0.3 is 15.0 Å². The maximum Gasteiger partial charge on any atom is 0.232 e. The van der Waals surface area contributed by atoms with Gasteiger partial charge in [0, 0.05) is 37.7 Å². The number of pyridine rings is 1. The Labute approximate surface area is 176 Å². The van der Waals surface area contributed by atoms with Gasteiger partial charge in [-0.3, -0.25) is 4.68 Å². The van der Waals surface area contributed by atoms with Gasteiger partial charge in [-0.25, -0.2) is 4.98 Å². The molecular formula is C21H22N4O2S2. The van der Waals surface area contributed by atoms with Crippen LogP contribution in [0.4, 0.5) is 5.69 Å². The molecule has 0 saturated heterocycles. The molecule has 0 aliphatic carbocycles. The lowest BCUT2D eigenvalue weighted by Crippen LogP contribution is -2.09. The molecule has 0 bridgehead atoms. The van der Waals surface area contributed by atoms with E-state index in [2.05, 4.69) is 5.10 Å². The van der Waals surface area contributed by atoms with E-state index in [1.165, 1.54) is 11.3 Å². The van der Waals surface area contributed by atoms with Crippen molar-refractivity contribution in [1.82, 2.24) is 14.8 Å². The first-order valence-corrected chi connectivity index (χ1v) is 11.4. The minimum Gasteiger partial charge on any atom is -0.611 e. The van der Waals surface area contributed by atoms with Crippen LogP contribution >= 0.6 is 11.3 Å². The predicted molar refractivity (Wildman–Crippen MR) is 119 cm³/mol. The van der Waals surface area contributed by atoms with Crippen molar-refractivity contribution in [2.24, 2.45) is 7.05 Å². The van der Waals surface area contributed by atoms with E-state index in [1.54, 1.807) is 18.0 Å². The normalized spacial score (nSPS) is 12.5. The van der Waals surface area contributed by atoms with Crippen molar-refractivity contribution in [2.45, 2.75) is 10.6 Å². The predicted octanol–water partition coefficient (Wildman–Crippen LogP) is 4.09. The van der Waals surface area contributed by atoms with Crippen LogP contribution in [0.1, 0.15) is 6.42 Å². The summed E-state index contributed by atoms with van der Waals surface area (Å²) in [6.07, 6.45) is 4.45. The third kappa shape index (κ3) is 4.02. The van der Waals surface area contributed by atoms with Crippen molar-refractivity contribution in [2.75, 3.05) is 25.2 Å². The van der Waals surface area contributed by atoms with Gasteiger partial charge in [0.2, 0.25) is 4.21 Å². The molecule has 2 N–H and O–H groups in total. The maximum absolute atomic E-state index is 12.9. The van der Waals surface area contributed by atoms with Gasteiger partial charge in [0.25, 0.3) is 0 Å². The van der Waals surface area contributed by atoms with Gasteiger partial charge in [0.15, 0.2) is 0 Å². The van der Waals surface area contributed by atoms with Crippen LogP contribution in [0.5, 0.6) is 0 Å². The molecule has 4 rings (SSSR count). The van der Waals surface area contributed by atoms with E-state index < -0.39 is 11.2 Å². The Morgan fingerprint density at radius 1 is 1.24 bits per heavy atom. The smallest absolute Gasteiger partial charge is 0.232 e. The average Bonchev–Trinajstić information content (AvgIpc) is 3.31. The molecule has 0 aliphatic rings. The van der Waals surface area contributed by atoms with Gasteiger partial charge >= 0.3 is 0 Å². The van der Waals surface area contributed by atoms with Crippen molar-refractivity contribution in [1.29, 1.82) is 0 Å². The third-order valence-electron chi connectivity index (χ3n) is 4.64. The number of hydrogen-bond acceptors (Lipinski definition) is 6. The number of nitrogens with zero attached hydrogens (tertiary/aromatic N) is 3. The highest BCUT2D eigenvalue weighted by molar-refractivity contribution is 7.93. The Hall–Kier alpha value is -2.39. The fourth-order valence-electron chi connectivity index (χ4n) is 3.24. The summed E-state index contributed by atoms with van der Waals surface area (Å²) in [6.45, 7) is 0.579. The van der Waals surface area contributed by atoms with Crippen molar-refractivity contribution in [3.05, 3.63) is 48.8 Å². The summed E-state index contributed by atoms with van der Waals surface area (Å²) < 4.78 is 20.4. The van der Waals surface area contributed by atoms with Gasteiger partial charge in [-0.2, -0.15) is 5.10 Å². The molecule has 0 fully saturated rings. The quantitative estimate of drug-likeness (QED) is 0.355. The number of hydrogen-bond donors (Lipinski definition) is 1. The second kappa shape index (κ2) is 8.54. The van der Waals surface area contributed by atoms with E-state index in [-0.39, 0.29) is 0 Å². The number of aryl methyl sites for hydroxylation is 1. The zero-order valence-electron chi connectivity index (χ0n) is 16.3. The highest BCUT2D eigenvalue weighted by Gasteiger charge is 2.24. The lowest BCUT2D eigenvalue weighted by atomic mass is 10.0. The summed E-state index contributed by atoms with van der Waals surface area (Å²) >= 11 is 0.226. The number of benzene rings is 1. The molecule has 4 aromatic rings. The number of nitrogen functional groups attached to an aromatic ring is 1. The van der Waals surface area contributed by atoms with Crippen molar-refractivity contribution in [3.8, 4) is 22.4 Å². The Bertz CT molecular complexity index is 1120. The van der Waals surface area contributed by atoms with Gasteiger partial charge in [-0.05, 0) is 28.4 Å². The average molecular weight is 427 g/mol. The number of anilines is 1. The summed E-state index contributed by atoms with van der Waals surface area (Å²) in [7, 11) is 3.53. The van der Waals surface area contributed by atoms with Crippen LogP contribution in [0.2, 0.25) is 0 Å². The van der Waals surface area contributed by atoms with Crippen LogP contribution in [0.3, 0.4) is 0 Å². The highest BCUT2D eigenvalue weighted by atomic mass is 32.2. The summed E-state index contributed by atoms with van der Waals surface area (Å²) in [5, 5.41) is 5.13. The molecular weight excluding hydrogens is 404 g/mol. The monoisotopic (exact) mass is 426 g/mol. The number of fused-ring (bicyclic) bond motifs is 1. The third-order valence-corrected chi connectivity index (χ3v) is 7.63. The Kier molecular flexibility index (Phi) is 5.86. The van der Waals surface area contributed by atoms with E-state index in [0.717, 1.165) is 39.0 Å². The van der Waals surface area contributed by atoms with Crippen molar-refractivity contribution < 1.29 is 9.29 Å². The van der Waals surface area contributed by atoms with E-state index in [0.29, 0.717) is 22.3 Å². The summed E-state index contributed by atoms with van der Waals surface area (Å²) in [6, 6.07) is 12.1. The second-order valence-electron chi connectivity index (χ2n) is 6.70. The molecule has 3 heterocycles. The largest absolute Gasteiger partial charge is 0.611 e. The number of rotatable bonds is 7. The first-order chi connectivity index (χ1) is 14.1. The number of thiophene rings is 1. The fraction of sp³-hybridized carbons (Fsp3) is 0.238. The molecule has 8 heteroatoms. The molecule has 1 atom stereocenters. The molecule has 1 aromatic carbocycles. The van der Waals surface area contributed by atoms with Crippen LogP contribution in [0.25, 0.3) is 32.6 Å². The van der Waals surface area contributed by atoms with E-state index in [1.807, 2.05) is 49.6 Å². The standard InChI is InChI=1S/C21H22N4O2S2/c1-25-13-15(12-23-25)17-11-16(14-7-4-3-5-8-14)18-19(22)21(28-20(18)24-17)29(26)10-6-9-27-2/h3-5,7-8,11-13H,6,9-10,22H2,1-2H3. The molecule has 150 valence electrons. The Morgan fingerprint density at radius 2 is 2.03 bits per heavy atom. The maximum atomic E-state index is 12.9. The summed E-state index contributed by atoms with van der Waals surface area (Å²) in [5.41, 5.74) is 10.9. The van der Waals surface area contributed by atoms with Crippen LogP contribution in [-0.2, 0) is 23.0 Å². The van der Waals surface area contributed by atoms with Gasteiger partial charge in [-0.1, -0.05) is 41.7 Å². The number of aromatic nitrogens is 3. The number of methoxy groups -OCH3 is 1. The zero-order valence-corrected chi connectivity index (χ0v) is 17.9. The van der Waals surface area contributed by atoms with Crippen molar-refractivity contribution in [3.63, 3.8) is 0 Å². The summed E-state index contributed by atoms with van der Waals surface area (Å²) in [5.74, 6) is 0.515. The van der Waals surface area contributed by atoms with E-state index in [4.69, 9.17) is 15.5 Å². The molecule has 1 unspecified atom stereocenters. The SMILES string of the molecule is COCCC[S+]([O-])c1sc2nc(-c3cnn(C)c3)cc(-c3ccccc3)c2c1N. The van der Waals surface area contributed by atoms with Crippen molar-refractivity contribution >= 4 is 38.4 Å². The molecule has 0 spiro atoms. The molecule has 29 heavy (non-hydrogen) atoms. The first-order valence-electron chi connectivity index (χ1n) is 9.23. The molecule has 3 aromatic heterocycles. The van der Waals surface area contributed by atoms with E-state index >= 15 is 0 Å². The topological polar surface area (TPSA) is 89.0 Å². The van der Waals surface area contributed by atoms with Gasteiger partial charge in [-0.15, -0.1) is 0 Å². The Morgan fingerprint density at radius 3 is 2.72 bits per heavy atom. The fourth-order valence-corrected chi connectivity index (χ4v) is 5.87. The Balaban J connectivity index is 1.87. The molecule has 0 radical (unpaired) electrons. The first kappa shape index (κ1) is 19.9. The summed E-state index contributed by atoms with van der Waals surface area (Å²) in [4.78, 5) is 5.62. The number of nitrogens with two attached hydrogens (primary N) is 1. The van der Waals surface area contributed by atoms with E-state index in [9.17, 15) is 4.55 Å². The minimum absolute atomic E-state index is 0.515. The minimum atomic E-state index is -1.18. The van der Waals surface area contributed by atoms with Crippen LogP contribution in [0, 0.1) is 0 Å². The molecule has 0 amide bonds. The van der Waals surface area contributed by atoms with Crippen LogP contribution < -0.4 is 5.73 Å². The highest BCUT2D eigenvalue weighted by Crippen LogP contribution is 2.43. The van der Waals surface area contributed by atoms with Gasteiger partial charge in [0.1, 0.15) is 16.3 Å². The van der Waals surface area contributed by atoms with Crippen LogP contribution in [0.15, 0.2) is 53.0 Å². The van der Waals surface area contributed by atoms with Crippen LogP contribution in [-0.4, -0.2) is 38.8 Å². The molecule has 0 saturated carbocycles. The molecule has 6 nitrogen and oxygen atoms in total. The lowest BCUT2D eigenvalue weighted by molar-refractivity contribution is 0.199.